The van der Waals surface area contributed by atoms with Crippen LogP contribution in [0.25, 0.3) is 0 Å². The van der Waals surface area contributed by atoms with Crippen molar-refractivity contribution in [3.8, 4) is 11.5 Å². The van der Waals surface area contributed by atoms with Gasteiger partial charge in [-0.3, -0.25) is 0 Å². The first-order valence-electron chi connectivity index (χ1n) is 7.00. The number of methoxy groups -OCH3 is 2. The van der Waals surface area contributed by atoms with Gasteiger partial charge >= 0.3 is 0 Å². The molecule has 0 aliphatic heterocycles. The first-order valence-corrected chi connectivity index (χ1v) is 7.00. The van der Waals surface area contributed by atoms with Gasteiger partial charge in [0.1, 0.15) is 13.2 Å². The molecule has 124 valence electrons. The van der Waals surface area contributed by atoms with Crippen LogP contribution < -0.4 is 19.9 Å². The van der Waals surface area contributed by atoms with Gasteiger partial charge in [0.2, 0.25) is 0 Å². The second-order valence-corrected chi connectivity index (χ2v) is 4.34. The minimum Gasteiger partial charge on any atom is -0.545 e. The van der Waals surface area contributed by atoms with Crippen LogP contribution in [0.2, 0.25) is 0 Å². The second-order valence-electron chi connectivity index (χ2n) is 4.34. The van der Waals surface area contributed by atoms with Gasteiger partial charge in [0, 0.05) is 38.1 Å². The summed E-state index contributed by atoms with van der Waals surface area (Å²) in [7, 11) is 3.13. The number of benzene rings is 1. The molecule has 0 saturated carbocycles. The van der Waals surface area contributed by atoms with Gasteiger partial charge in [-0.1, -0.05) is 0 Å². The van der Waals surface area contributed by atoms with Crippen LogP contribution in [0, 0.1) is 0 Å². The molecule has 0 spiro atoms. The zero-order valence-corrected chi connectivity index (χ0v) is 13.1. The van der Waals surface area contributed by atoms with Crippen LogP contribution >= 0.6 is 0 Å². The Balaban J connectivity index is 3.05. The maximum atomic E-state index is 11.3. The highest BCUT2D eigenvalue weighted by Crippen LogP contribution is 2.33. The van der Waals surface area contributed by atoms with E-state index in [2.05, 4.69) is 5.32 Å². The molecule has 0 atom stereocenters. The third-order valence-electron chi connectivity index (χ3n) is 2.76. The molecule has 0 amide bonds. The molecule has 0 aliphatic carbocycles. The van der Waals surface area contributed by atoms with Gasteiger partial charge in [-0.05, 0) is 13.0 Å². The number of carbonyl (C=O) groups excluding carboxylic acids is 1. The summed E-state index contributed by atoms with van der Waals surface area (Å²) in [4.78, 5) is 11.3. The van der Waals surface area contributed by atoms with Crippen LogP contribution in [0.3, 0.4) is 0 Å². The van der Waals surface area contributed by atoms with E-state index in [1.807, 2.05) is 6.92 Å². The quantitative estimate of drug-likeness (QED) is 0.596. The van der Waals surface area contributed by atoms with Crippen molar-refractivity contribution in [3.63, 3.8) is 0 Å². The lowest BCUT2D eigenvalue weighted by Crippen LogP contribution is -2.24. The Bertz CT molecular complexity index is 477. The Hall–Kier alpha value is -1.99. The fourth-order valence-electron chi connectivity index (χ4n) is 1.76. The predicted octanol–water partition coefficient (Wildman–Crippen LogP) is 0.532. The fourth-order valence-corrected chi connectivity index (χ4v) is 1.76. The summed E-state index contributed by atoms with van der Waals surface area (Å²) in [6.45, 7) is 3.84. The summed E-state index contributed by atoms with van der Waals surface area (Å²) in [5.74, 6) is -0.515. The van der Waals surface area contributed by atoms with Crippen LogP contribution in [-0.2, 0) is 9.47 Å². The molecule has 0 saturated heterocycles. The van der Waals surface area contributed by atoms with Crippen molar-refractivity contribution in [1.29, 1.82) is 0 Å². The maximum Gasteiger partial charge on any atom is 0.163 e. The lowest BCUT2D eigenvalue weighted by Gasteiger charge is -2.18. The molecule has 0 unspecified atom stereocenters. The molecule has 7 heteroatoms. The van der Waals surface area contributed by atoms with Crippen molar-refractivity contribution < 1.29 is 28.8 Å². The summed E-state index contributed by atoms with van der Waals surface area (Å²) in [6.07, 6.45) is 0. The van der Waals surface area contributed by atoms with Crippen LogP contribution in [0.5, 0.6) is 11.5 Å². The van der Waals surface area contributed by atoms with E-state index < -0.39 is 5.97 Å². The first kappa shape index (κ1) is 18.1. The average molecular weight is 312 g/mol. The Morgan fingerprint density at radius 2 is 1.59 bits per heavy atom. The van der Waals surface area contributed by atoms with Crippen molar-refractivity contribution in [2.45, 2.75) is 6.92 Å². The van der Waals surface area contributed by atoms with Crippen molar-refractivity contribution in [1.82, 2.24) is 0 Å². The molecule has 0 aromatic heterocycles. The zero-order valence-electron chi connectivity index (χ0n) is 13.1. The van der Waals surface area contributed by atoms with Crippen molar-refractivity contribution in [2.75, 3.05) is 52.5 Å². The van der Waals surface area contributed by atoms with Gasteiger partial charge in [0.25, 0.3) is 0 Å². The number of nitrogens with one attached hydrogen (secondary N) is 1. The summed E-state index contributed by atoms with van der Waals surface area (Å²) in [6, 6.07) is 2.98. The lowest BCUT2D eigenvalue weighted by molar-refractivity contribution is -0.254. The van der Waals surface area contributed by atoms with Crippen LogP contribution in [0.1, 0.15) is 17.3 Å². The molecule has 0 radical (unpaired) electrons. The molecule has 0 heterocycles. The molecular weight excluding hydrogens is 290 g/mol. The summed E-state index contributed by atoms with van der Waals surface area (Å²) < 4.78 is 21.0. The molecule has 22 heavy (non-hydrogen) atoms. The first-order chi connectivity index (χ1) is 10.6. The van der Waals surface area contributed by atoms with Gasteiger partial charge in [-0.15, -0.1) is 0 Å². The predicted molar refractivity (Wildman–Crippen MR) is 79.7 cm³/mol. The molecule has 0 aliphatic rings. The minimum atomic E-state index is -1.28. The molecule has 1 N–H and O–H groups in total. The van der Waals surface area contributed by atoms with E-state index in [0.717, 1.165) is 0 Å². The van der Waals surface area contributed by atoms with E-state index in [1.165, 1.54) is 6.07 Å². The number of carbonyl (C=O) groups is 1. The zero-order chi connectivity index (χ0) is 16.4. The van der Waals surface area contributed by atoms with Crippen LogP contribution in [0.4, 0.5) is 5.69 Å². The van der Waals surface area contributed by atoms with Crippen LogP contribution in [0.15, 0.2) is 12.1 Å². The van der Waals surface area contributed by atoms with E-state index in [9.17, 15) is 9.90 Å². The highest BCUT2D eigenvalue weighted by molar-refractivity contribution is 5.94. The maximum absolute atomic E-state index is 11.3. The van der Waals surface area contributed by atoms with Crippen molar-refractivity contribution in [2.24, 2.45) is 0 Å². The van der Waals surface area contributed by atoms with Gasteiger partial charge in [0.05, 0.1) is 19.2 Å². The van der Waals surface area contributed by atoms with E-state index in [0.29, 0.717) is 43.6 Å². The average Bonchev–Trinajstić information content (AvgIpc) is 2.49. The number of carboxylic acid groups (broad SMARTS) is 1. The Morgan fingerprint density at radius 1 is 1.05 bits per heavy atom. The van der Waals surface area contributed by atoms with E-state index in [4.69, 9.17) is 18.9 Å². The highest BCUT2D eigenvalue weighted by atomic mass is 16.5. The third-order valence-corrected chi connectivity index (χ3v) is 2.76. The number of hydrogen-bond acceptors (Lipinski definition) is 7. The third kappa shape index (κ3) is 5.42. The minimum absolute atomic E-state index is 0.0216. The summed E-state index contributed by atoms with van der Waals surface area (Å²) >= 11 is 0. The molecule has 1 aromatic rings. The monoisotopic (exact) mass is 312 g/mol. The SMILES string of the molecule is CCNc1cc(OCCOC)c(OCCOC)cc1C(=O)[O-]. The smallest absolute Gasteiger partial charge is 0.163 e. The molecule has 0 fully saturated rings. The number of ether oxygens (including phenoxy) is 4. The lowest BCUT2D eigenvalue weighted by atomic mass is 10.1. The number of anilines is 1. The van der Waals surface area contributed by atoms with Gasteiger partial charge in [0.15, 0.2) is 11.5 Å². The number of carboxylic acids is 1. The summed E-state index contributed by atoms with van der Waals surface area (Å²) in [5.41, 5.74) is 0.447. The Kier molecular flexibility index (Phi) is 8.09. The molecular formula is C15H22NO6-. The van der Waals surface area contributed by atoms with Gasteiger partial charge in [-0.25, -0.2) is 0 Å². The van der Waals surface area contributed by atoms with Crippen LogP contribution in [-0.4, -0.2) is 53.2 Å². The van der Waals surface area contributed by atoms with Gasteiger partial charge in [-0.2, -0.15) is 0 Å². The largest absolute Gasteiger partial charge is 0.545 e. The molecule has 7 nitrogen and oxygen atoms in total. The molecule has 0 bridgehead atoms. The second kappa shape index (κ2) is 9.86. The Morgan fingerprint density at radius 3 is 2.05 bits per heavy atom. The molecule has 1 aromatic carbocycles. The topological polar surface area (TPSA) is 89.1 Å². The summed E-state index contributed by atoms with van der Waals surface area (Å²) in [5, 5.41) is 14.2. The van der Waals surface area contributed by atoms with E-state index >= 15 is 0 Å². The fraction of sp³-hybridized carbons (Fsp3) is 0.533. The van der Waals surface area contributed by atoms with Crippen molar-refractivity contribution in [3.05, 3.63) is 17.7 Å². The number of aromatic carboxylic acids is 1. The van der Waals surface area contributed by atoms with E-state index in [-0.39, 0.29) is 12.2 Å². The number of hydrogen-bond donors (Lipinski definition) is 1. The van der Waals surface area contributed by atoms with Crippen molar-refractivity contribution >= 4 is 11.7 Å². The highest BCUT2D eigenvalue weighted by Gasteiger charge is 2.13. The normalized spacial score (nSPS) is 10.3. The van der Waals surface area contributed by atoms with Gasteiger partial charge < -0.3 is 34.2 Å². The molecule has 1 rings (SSSR count). The standard InChI is InChI=1S/C15H23NO6/c1-4-16-12-10-14(22-8-6-20-3)13(21-7-5-19-2)9-11(12)15(17)18/h9-10,16H,4-8H2,1-3H3,(H,17,18)/p-1. The van der Waals surface area contributed by atoms with E-state index in [1.54, 1.807) is 20.3 Å². The number of rotatable bonds is 11. The Labute approximate surface area is 130 Å².